The maximum absolute atomic E-state index is 11.8. The van der Waals surface area contributed by atoms with E-state index in [1.165, 1.54) is 5.69 Å². The molecule has 0 spiro atoms. The largest absolute Gasteiger partial charge is 0.328 e. The standard InChI is InChI=1S/C12H19N3O2S/c1-9-14-11-7-13-5-4-12(11)15(9)10-3-2-6-18(16,17)8-10/h10,13H,2-8H2,1H3. The topological polar surface area (TPSA) is 64.0 Å². The fraction of sp³-hybridized carbons (Fsp3) is 0.750. The minimum Gasteiger partial charge on any atom is -0.328 e. The number of fused-ring (bicyclic) bond motifs is 1. The van der Waals surface area contributed by atoms with Crippen LogP contribution < -0.4 is 5.32 Å². The summed E-state index contributed by atoms with van der Waals surface area (Å²) in [5.41, 5.74) is 2.34. The molecule has 0 radical (unpaired) electrons. The average molecular weight is 269 g/mol. The van der Waals surface area contributed by atoms with E-state index in [4.69, 9.17) is 0 Å². The number of hydrogen-bond acceptors (Lipinski definition) is 4. The third-order valence-corrected chi connectivity index (χ3v) is 5.71. The SMILES string of the molecule is Cc1nc2c(n1C1CCCS(=O)(=O)C1)CCNC2. The Morgan fingerprint density at radius 3 is 3.06 bits per heavy atom. The first-order valence-corrected chi connectivity index (χ1v) is 8.37. The highest BCUT2D eigenvalue weighted by molar-refractivity contribution is 7.91. The Kier molecular flexibility index (Phi) is 2.94. The molecule has 100 valence electrons. The number of hydrogen-bond donors (Lipinski definition) is 1. The molecule has 6 heteroatoms. The summed E-state index contributed by atoms with van der Waals surface area (Å²) in [5.74, 6) is 1.59. The molecule has 1 N–H and O–H groups in total. The summed E-state index contributed by atoms with van der Waals surface area (Å²) in [6.07, 6.45) is 2.68. The summed E-state index contributed by atoms with van der Waals surface area (Å²) in [7, 11) is -2.87. The molecule has 0 bridgehead atoms. The molecule has 3 heterocycles. The van der Waals surface area contributed by atoms with Crippen LogP contribution >= 0.6 is 0 Å². The minimum absolute atomic E-state index is 0.0955. The van der Waals surface area contributed by atoms with Crippen LogP contribution in [0.2, 0.25) is 0 Å². The quantitative estimate of drug-likeness (QED) is 0.810. The fourth-order valence-electron chi connectivity index (χ4n) is 3.15. The van der Waals surface area contributed by atoms with Gasteiger partial charge in [-0.05, 0) is 19.8 Å². The number of nitrogens with one attached hydrogen (secondary N) is 1. The molecule has 1 aromatic rings. The summed E-state index contributed by atoms with van der Waals surface area (Å²) in [6, 6.07) is 0.0955. The zero-order valence-corrected chi connectivity index (χ0v) is 11.5. The van der Waals surface area contributed by atoms with Crippen molar-refractivity contribution in [3.63, 3.8) is 0 Å². The van der Waals surface area contributed by atoms with E-state index in [-0.39, 0.29) is 11.8 Å². The van der Waals surface area contributed by atoms with Gasteiger partial charge in [-0.2, -0.15) is 0 Å². The summed E-state index contributed by atoms with van der Waals surface area (Å²) >= 11 is 0. The molecule has 2 aliphatic rings. The molecular formula is C12H19N3O2S. The Morgan fingerprint density at radius 2 is 2.28 bits per heavy atom. The predicted molar refractivity (Wildman–Crippen MR) is 69.3 cm³/mol. The van der Waals surface area contributed by atoms with Crippen molar-refractivity contribution in [1.82, 2.24) is 14.9 Å². The first-order chi connectivity index (χ1) is 8.57. The molecule has 1 saturated heterocycles. The Labute approximate surface area is 108 Å². The number of nitrogens with zero attached hydrogens (tertiary/aromatic N) is 2. The lowest BCUT2D eigenvalue weighted by Gasteiger charge is -2.27. The van der Waals surface area contributed by atoms with Gasteiger partial charge in [0, 0.05) is 31.2 Å². The van der Waals surface area contributed by atoms with Crippen LogP contribution in [-0.2, 0) is 22.8 Å². The lowest BCUT2D eigenvalue weighted by atomic mass is 10.1. The number of aryl methyl sites for hydroxylation is 1. The van der Waals surface area contributed by atoms with E-state index in [2.05, 4.69) is 14.9 Å². The third kappa shape index (κ3) is 2.07. The van der Waals surface area contributed by atoms with Gasteiger partial charge in [0.25, 0.3) is 0 Å². The highest BCUT2D eigenvalue weighted by Crippen LogP contribution is 2.28. The maximum Gasteiger partial charge on any atom is 0.152 e. The number of rotatable bonds is 1. The molecule has 1 fully saturated rings. The lowest BCUT2D eigenvalue weighted by molar-refractivity contribution is 0.446. The van der Waals surface area contributed by atoms with Gasteiger partial charge in [0.15, 0.2) is 9.84 Å². The Hall–Kier alpha value is -0.880. The number of aromatic nitrogens is 2. The number of sulfone groups is 1. The van der Waals surface area contributed by atoms with Crippen molar-refractivity contribution < 1.29 is 8.42 Å². The van der Waals surface area contributed by atoms with E-state index in [0.29, 0.717) is 5.75 Å². The van der Waals surface area contributed by atoms with Crippen LogP contribution in [0.15, 0.2) is 0 Å². The van der Waals surface area contributed by atoms with Gasteiger partial charge >= 0.3 is 0 Å². The summed E-state index contributed by atoms with van der Waals surface area (Å²) in [5, 5.41) is 3.31. The zero-order valence-electron chi connectivity index (χ0n) is 10.6. The molecule has 0 aliphatic carbocycles. The molecular weight excluding hydrogens is 250 g/mol. The van der Waals surface area contributed by atoms with E-state index >= 15 is 0 Å². The highest BCUT2D eigenvalue weighted by atomic mass is 32.2. The van der Waals surface area contributed by atoms with Crippen molar-refractivity contribution in [2.24, 2.45) is 0 Å². The van der Waals surface area contributed by atoms with Gasteiger partial charge in [0.2, 0.25) is 0 Å². The average Bonchev–Trinajstić information content (AvgIpc) is 2.63. The van der Waals surface area contributed by atoms with Gasteiger partial charge < -0.3 is 9.88 Å². The molecule has 2 aliphatic heterocycles. The van der Waals surface area contributed by atoms with E-state index in [9.17, 15) is 8.42 Å². The molecule has 3 rings (SSSR count). The van der Waals surface area contributed by atoms with Crippen LogP contribution in [-0.4, -0.2) is 36.0 Å². The van der Waals surface area contributed by atoms with E-state index in [1.807, 2.05) is 6.92 Å². The summed E-state index contributed by atoms with van der Waals surface area (Å²) in [4.78, 5) is 4.58. The predicted octanol–water partition coefficient (Wildman–Crippen LogP) is 0.587. The van der Waals surface area contributed by atoms with Crippen molar-refractivity contribution in [2.45, 2.75) is 38.8 Å². The van der Waals surface area contributed by atoms with Crippen molar-refractivity contribution in [1.29, 1.82) is 0 Å². The van der Waals surface area contributed by atoms with Crippen molar-refractivity contribution >= 4 is 9.84 Å². The number of imidazole rings is 1. The van der Waals surface area contributed by atoms with Crippen LogP contribution in [0, 0.1) is 6.92 Å². The smallest absolute Gasteiger partial charge is 0.152 e. The second kappa shape index (κ2) is 4.35. The van der Waals surface area contributed by atoms with Gasteiger partial charge in [-0.15, -0.1) is 0 Å². The second-order valence-electron chi connectivity index (χ2n) is 5.26. The van der Waals surface area contributed by atoms with Crippen LogP contribution in [0.3, 0.4) is 0 Å². The van der Waals surface area contributed by atoms with Crippen molar-refractivity contribution in [3.8, 4) is 0 Å². The van der Waals surface area contributed by atoms with Crippen molar-refractivity contribution in [3.05, 3.63) is 17.2 Å². The van der Waals surface area contributed by atoms with E-state index in [0.717, 1.165) is 43.9 Å². The molecule has 5 nitrogen and oxygen atoms in total. The van der Waals surface area contributed by atoms with E-state index in [1.54, 1.807) is 0 Å². The lowest BCUT2D eigenvalue weighted by Crippen LogP contribution is -2.31. The zero-order chi connectivity index (χ0) is 12.8. The van der Waals surface area contributed by atoms with Gasteiger partial charge in [-0.25, -0.2) is 13.4 Å². The van der Waals surface area contributed by atoms with Gasteiger partial charge in [-0.3, -0.25) is 0 Å². The third-order valence-electron chi connectivity index (χ3n) is 3.90. The monoisotopic (exact) mass is 269 g/mol. The first kappa shape index (κ1) is 12.2. The van der Waals surface area contributed by atoms with Crippen LogP contribution in [0.4, 0.5) is 0 Å². The van der Waals surface area contributed by atoms with E-state index < -0.39 is 9.84 Å². The van der Waals surface area contributed by atoms with Crippen LogP contribution in [0.5, 0.6) is 0 Å². The van der Waals surface area contributed by atoms with Crippen molar-refractivity contribution in [2.75, 3.05) is 18.1 Å². The van der Waals surface area contributed by atoms with Crippen LogP contribution in [0.25, 0.3) is 0 Å². The Balaban J connectivity index is 1.99. The molecule has 1 unspecified atom stereocenters. The Morgan fingerprint density at radius 1 is 1.44 bits per heavy atom. The first-order valence-electron chi connectivity index (χ1n) is 6.54. The summed E-state index contributed by atoms with van der Waals surface area (Å²) < 4.78 is 25.8. The van der Waals surface area contributed by atoms with Gasteiger partial charge in [0.05, 0.1) is 17.2 Å². The maximum atomic E-state index is 11.8. The normalized spacial score (nSPS) is 26.8. The molecule has 0 saturated carbocycles. The fourth-order valence-corrected chi connectivity index (χ4v) is 4.83. The second-order valence-corrected chi connectivity index (χ2v) is 7.49. The molecule has 0 amide bonds. The van der Waals surface area contributed by atoms with Crippen LogP contribution in [0.1, 0.15) is 36.1 Å². The minimum atomic E-state index is -2.87. The molecule has 0 aromatic carbocycles. The summed E-state index contributed by atoms with van der Waals surface area (Å²) in [6.45, 7) is 3.75. The molecule has 18 heavy (non-hydrogen) atoms. The van der Waals surface area contributed by atoms with Gasteiger partial charge in [-0.1, -0.05) is 0 Å². The van der Waals surface area contributed by atoms with Gasteiger partial charge in [0.1, 0.15) is 5.82 Å². The Bertz CT molecular complexity index is 562. The molecule has 1 atom stereocenters. The molecule has 1 aromatic heterocycles. The highest BCUT2D eigenvalue weighted by Gasteiger charge is 2.30.